The number of pyridine rings is 1. The van der Waals surface area contributed by atoms with Crippen LogP contribution >= 0.6 is 0 Å². The first-order valence-electron chi connectivity index (χ1n) is 7.04. The summed E-state index contributed by atoms with van der Waals surface area (Å²) in [5.74, 6) is 0.267. The topological polar surface area (TPSA) is 81.1 Å². The Hall–Kier alpha value is -2.82. The quantitative estimate of drug-likeness (QED) is 0.774. The molecule has 3 rings (SSSR count). The van der Waals surface area contributed by atoms with Crippen LogP contribution in [0.25, 0.3) is 10.9 Å². The monoisotopic (exact) mass is 295 g/mol. The molecule has 2 heterocycles. The Bertz CT molecular complexity index is 852. The molecule has 0 saturated heterocycles. The van der Waals surface area contributed by atoms with Crippen LogP contribution in [0.15, 0.2) is 40.8 Å². The van der Waals surface area contributed by atoms with Gasteiger partial charge in [0.1, 0.15) is 5.76 Å². The lowest BCUT2D eigenvalue weighted by Gasteiger charge is -2.13. The first-order chi connectivity index (χ1) is 10.6. The van der Waals surface area contributed by atoms with Gasteiger partial charge in [0.25, 0.3) is 5.91 Å². The molecule has 5 nitrogen and oxygen atoms in total. The number of amides is 1. The Balaban J connectivity index is 1.92. The van der Waals surface area contributed by atoms with E-state index in [9.17, 15) is 4.79 Å². The number of hydrogen-bond acceptors (Lipinski definition) is 4. The Labute approximate surface area is 128 Å². The second-order valence-corrected chi connectivity index (χ2v) is 5.20. The first-order valence-corrected chi connectivity index (χ1v) is 7.04. The molecule has 0 radical (unpaired) electrons. The maximum absolute atomic E-state index is 11.1. The van der Waals surface area contributed by atoms with Gasteiger partial charge < -0.3 is 15.5 Å². The highest BCUT2D eigenvalue weighted by Gasteiger charge is 2.11. The van der Waals surface area contributed by atoms with Crippen LogP contribution in [0.5, 0.6) is 0 Å². The highest BCUT2D eigenvalue weighted by molar-refractivity contribution is 5.93. The van der Waals surface area contributed by atoms with Crippen LogP contribution in [0.2, 0.25) is 0 Å². The summed E-state index contributed by atoms with van der Waals surface area (Å²) in [5, 5.41) is 4.44. The lowest BCUT2D eigenvalue weighted by atomic mass is 10.1. The Morgan fingerprint density at radius 2 is 2.00 bits per heavy atom. The number of fused-ring (bicyclic) bond motifs is 1. The SMILES string of the molecule is Cc1nc2ccccc2c(NCc2ccc(C(N)=O)o2)c1C. The fourth-order valence-electron chi connectivity index (χ4n) is 2.44. The second-order valence-electron chi connectivity index (χ2n) is 5.20. The van der Waals surface area contributed by atoms with Crippen LogP contribution in [0, 0.1) is 13.8 Å². The van der Waals surface area contributed by atoms with Gasteiger partial charge >= 0.3 is 0 Å². The van der Waals surface area contributed by atoms with Crippen LogP contribution in [0.4, 0.5) is 5.69 Å². The van der Waals surface area contributed by atoms with E-state index >= 15 is 0 Å². The fraction of sp³-hybridized carbons (Fsp3) is 0.176. The predicted octanol–water partition coefficient (Wildman–Crippen LogP) is 3.16. The zero-order valence-corrected chi connectivity index (χ0v) is 12.5. The highest BCUT2D eigenvalue weighted by Crippen LogP contribution is 2.28. The summed E-state index contributed by atoms with van der Waals surface area (Å²) >= 11 is 0. The minimum atomic E-state index is -0.562. The number of primary amides is 1. The molecule has 0 saturated carbocycles. The molecule has 0 aliphatic heterocycles. The summed E-state index contributed by atoms with van der Waals surface area (Å²) in [6.07, 6.45) is 0. The van der Waals surface area contributed by atoms with Crippen molar-refractivity contribution in [3.63, 3.8) is 0 Å². The second kappa shape index (κ2) is 5.52. The number of nitrogens with one attached hydrogen (secondary N) is 1. The third kappa shape index (κ3) is 2.53. The third-order valence-electron chi connectivity index (χ3n) is 3.72. The number of rotatable bonds is 4. The number of hydrogen-bond donors (Lipinski definition) is 2. The maximum Gasteiger partial charge on any atom is 0.284 e. The molecule has 0 atom stereocenters. The molecule has 5 heteroatoms. The molecule has 2 aromatic heterocycles. The van der Waals surface area contributed by atoms with Crippen LogP contribution in [0.1, 0.15) is 27.6 Å². The van der Waals surface area contributed by atoms with E-state index in [0.29, 0.717) is 12.3 Å². The summed E-state index contributed by atoms with van der Waals surface area (Å²) < 4.78 is 5.40. The average molecular weight is 295 g/mol. The highest BCUT2D eigenvalue weighted by atomic mass is 16.3. The predicted molar refractivity (Wildman–Crippen MR) is 85.8 cm³/mol. The summed E-state index contributed by atoms with van der Waals surface area (Å²) in [5.41, 5.74) is 9.25. The molecule has 0 spiro atoms. The van der Waals surface area contributed by atoms with Gasteiger partial charge in [-0.2, -0.15) is 0 Å². The van der Waals surface area contributed by atoms with E-state index in [1.54, 1.807) is 12.1 Å². The molecule has 1 aromatic carbocycles. The number of benzene rings is 1. The number of carbonyl (C=O) groups is 1. The molecular weight excluding hydrogens is 278 g/mol. The van der Waals surface area contributed by atoms with E-state index in [1.165, 1.54) is 0 Å². The third-order valence-corrected chi connectivity index (χ3v) is 3.72. The van der Waals surface area contributed by atoms with Crippen molar-refractivity contribution in [2.45, 2.75) is 20.4 Å². The first kappa shape index (κ1) is 14.1. The number of nitrogens with zero attached hydrogens (tertiary/aromatic N) is 1. The molecule has 0 fully saturated rings. The molecule has 3 N–H and O–H groups in total. The van der Waals surface area contributed by atoms with Crippen LogP contribution in [-0.2, 0) is 6.54 Å². The van der Waals surface area contributed by atoms with Gasteiger partial charge in [0, 0.05) is 16.8 Å². The van der Waals surface area contributed by atoms with Gasteiger partial charge in [0.05, 0.1) is 12.1 Å². The van der Waals surface area contributed by atoms with E-state index in [1.807, 2.05) is 38.1 Å². The van der Waals surface area contributed by atoms with E-state index in [0.717, 1.165) is 27.8 Å². The number of nitrogens with two attached hydrogens (primary N) is 1. The number of aryl methyl sites for hydroxylation is 1. The molecule has 0 unspecified atom stereocenters. The minimum Gasteiger partial charge on any atom is -0.454 e. The molecule has 1 amide bonds. The Morgan fingerprint density at radius 3 is 2.73 bits per heavy atom. The van der Waals surface area contributed by atoms with Crippen LogP contribution in [0.3, 0.4) is 0 Å². The summed E-state index contributed by atoms with van der Waals surface area (Å²) in [6.45, 7) is 4.50. The number of carbonyl (C=O) groups excluding carboxylic acids is 1. The van der Waals surface area contributed by atoms with Crippen molar-refractivity contribution >= 4 is 22.5 Å². The van der Waals surface area contributed by atoms with Gasteiger partial charge in [-0.3, -0.25) is 9.78 Å². The summed E-state index contributed by atoms with van der Waals surface area (Å²) in [7, 11) is 0. The average Bonchev–Trinajstić information content (AvgIpc) is 2.97. The number of para-hydroxylation sites is 1. The van der Waals surface area contributed by atoms with Crippen molar-refractivity contribution in [1.29, 1.82) is 0 Å². The van der Waals surface area contributed by atoms with E-state index in [-0.39, 0.29) is 5.76 Å². The van der Waals surface area contributed by atoms with Crippen molar-refractivity contribution < 1.29 is 9.21 Å². The minimum absolute atomic E-state index is 0.171. The molecule has 0 aliphatic rings. The maximum atomic E-state index is 11.1. The van der Waals surface area contributed by atoms with Gasteiger partial charge in [0.2, 0.25) is 0 Å². The molecule has 3 aromatic rings. The van der Waals surface area contributed by atoms with Gasteiger partial charge in [-0.05, 0) is 37.6 Å². The normalized spacial score (nSPS) is 10.8. The van der Waals surface area contributed by atoms with E-state index in [2.05, 4.69) is 10.3 Å². The molecule has 0 aliphatic carbocycles. The van der Waals surface area contributed by atoms with Crippen molar-refractivity contribution in [3.05, 3.63) is 59.2 Å². The molecule has 0 bridgehead atoms. The zero-order valence-electron chi connectivity index (χ0n) is 12.5. The Morgan fingerprint density at radius 1 is 1.23 bits per heavy atom. The number of aromatic nitrogens is 1. The van der Waals surface area contributed by atoms with Crippen molar-refractivity contribution in [3.8, 4) is 0 Å². The van der Waals surface area contributed by atoms with Gasteiger partial charge in [-0.25, -0.2) is 0 Å². The van der Waals surface area contributed by atoms with E-state index < -0.39 is 5.91 Å². The smallest absolute Gasteiger partial charge is 0.284 e. The van der Waals surface area contributed by atoms with Crippen LogP contribution < -0.4 is 11.1 Å². The van der Waals surface area contributed by atoms with Crippen LogP contribution in [-0.4, -0.2) is 10.9 Å². The fourth-order valence-corrected chi connectivity index (χ4v) is 2.44. The van der Waals surface area contributed by atoms with Crippen molar-refractivity contribution in [2.24, 2.45) is 5.73 Å². The lowest BCUT2D eigenvalue weighted by Crippen LogP contribution is -2.09. The van der Waals surface area contributed by atoms with Gasteiger partial charge in [-0.1, -0.05) is 18.2 Å². The standard InChI is InChI=1S/C17H17N3O2/c1-10-11(2)20-14-6-4-3-5-13(14)16(10)19-9-12-7-8-15(22-12)17(18)21/h3-8H,9H2,1-2H3,(H2,18,21)(H,19,20). The largest absolute Gasteiger partial charge is 0.454 e. The zero-order chi connectivity index (χ0) is 15.7. The summed E-state index contributed by atoms with van der Waals surface area (Å²) in [4.78, 5) is 15.7. The summed E-state index contributed by atoms with van der Waals surface area (Å²) in [6, 6.07) is 11.3. The molecular formula is C17H17N3O2. The molecule has 112 valence electrons. The van der Waals surface area contributed by atoms with Gasteiger partial charge in [0.15, 0.2) is 5.76 Å². The number of furan rings is 1. The van der Waals surface area contributed by atoms with E-state index in [4.69, 9.17) is 10.2 Å². The Kier molecular flexibility index (Phi) is 3.55. The van der Waals surface area contributed by atoms with Crippen molar-refractivity contribution in [1.82, 2.24) is 4.98 Å². The lowest BCUT2D eigenvalue weighted by molar-refractivity contribution is 0.0972. The molecule has 22 heavy (non-hydrogen) atoms. The van der Waals surface area contributed by atoms with Crippen molar-refractivity contribution in [2.75, 3.05) is 5.32 Å². The van der Waals surface area contributed by atoms with Gasteiger partial charge in [-0.15, -0.1) is 0 Å². The number of anilines is 1.